The monoisotopic (exact) mass is 697 g/mol. The van der Waals surface area contributed by atoms with E-state index in [-0.39, 0.29) is 24.5 Å². The van der Waals surface area contributed by atoms with E-state index in [9.17, 15) is 19.2 Å². The van der Waals surface area contributed by atoms with Gasteiger partial charge in [0, 0.05) is 12.8 Å². The zero-order valence-corrected chi connectivity index (χ0v) is 31.7. The SMILES string of the molecule is CCCCCCCCCCCCCCC(CCCCCCCC(=O)NCC(=O)NC(CO)C(=O)O)OC(=O)CCCCCCCCCCC. The van der Waals surface area contributed by atoms with Gasteiger partial charge in [-0.25, -0.2) is 4.79 Å². The zero-order valence-electron chi connectivity index (χ0n) is 31.7. The number of rotatable bonds is 37. The Hall–Kier alpha value is -2.16. The number of aliphatic carboxylic acids is 1. The molecule has 0 radical (unpaired) electrons. The van der Waals surface area contributed by atoms with Crippen LogP contribution in [0.5, 0.6) is 0 Å². The molecule has 0 rings (SSSR count). The van der Waals surface area contributed by atoms with Crippen LogP contribution >= 0.6 is 0 Å². The first-order valence-electron chi connectivity index (χ1n) is 20.4. The van der Waals surface area contributed by atoms with E-state index in [0.29, 0.717) is 19.3 Å². The third-order valence-corrected chi connectivity index (χ3v) is 9.35. The number of carboxylic acids is 1. The van der Waals surface area contributed by atoms with Crippen LogP contribution in [0.1, 0.15) is 206 Å². The number of carbonyl (C=O) groups is 4. The van der Waals surface area contributed by atoms with Gasteiger partial charge in [0.25, 0.3) is 0 Å². The molecule has 0 saturated carbocycles. The maximum atomic E-state index is 12.7. The Labute approximate surface area is 299 Å². The fourth-order valence-corrected chi connectivity index (χ4v) is 6.19. The molecule has 0 fully saturated rings. The van der Waals surface area contributed by atoms with Crippen LogP contribution in [0.2, 0.25) is 0 Å². The van der Waals surface area contributed by atoms with Crippen LogP contribution in [-0.4, -0.2) is 59.3 Å². The second-order valence-electron chi connectivity index (χ2n) is 14.1. The highest BCUT2D eigenvalue weighted by molar-refractivity contribution is 5.87. The van der Waals surface area contributed by atoms with Gasteiger partial charge in [0.15, 0.2) is 0 Å². The highest BCUT2D eigenvalue weighted by Crippen LogP contribution is 2.19. The van der Waals surface area contributed by atoms with E-state index in [1.807, 2.05) is 0 Å². The molecule has 2 amide bonds. The molecule has 2 unspecified atom stereocenters. The minimum absolute atomic E-state index is 0.00216. The second kappa shape index (κ2) is 35.7. The average molecular weight is 697 g/mol. The maximum Gasteiger partial charge on any atom is 0.328 e. The van der Waals surface area contributed by atoms with Gasteiger partial charge in [-0.1, -0.05) is 155 Å². The van der Waals surface area contributed by atoms with Crippen molar-refractivity contribution in [1.82, 2.24) is 10.6 Å². The molecule has 9 nitrogen and oxygen atoms in total. The van der Waals surface area contributed by atoms with Gasteiger partial charge in [-0.3, -0.25) is 14.4 Å². The number of amides is 2. The van der Waals surface area contributed by atoms with Gasteiger partial charge in [0.2, 0.25) is 11.8 Å². The predicted octanol–water partition coefficient (Wildman–Crippen LogP) is 9.32. The summed E-state index contributed by atoms with van der Waals surface area (Å²) in [5.74, 6) is -2.28. The normalized spacial score (nSPS) is 12.4. The number of nitrogens with one attached hydrogen (secondary N) is 2. The first-order chi connectivity index (χ1) is 23.8. The fraction of sp³-hybridized carbons (Fsp3) is 0.900. The Morgan fingerprint density at radius 2 is 0.918 bits per heavy atom. The van der Waals surface area contributed by atoms with Crippen molar-refractivity contribution < 1.29 is 34.1 Å². The third kappa shape index (κ3) is 32.8. The van der Waals surface area contributed by atoms with E-state index in [1.165, 1.54) is 116 Å². The summed E-state index contributed by atoms with van der Waals surface area (Å²) in [7, 11) is 0. The van der Waals surface area contributed by atoms with Crippen molar-refractivity contribution >= 4 is 23.8 Å². The summed E-state index contributed by atoms with van der Waals surface area (Å²) in [5.41, 5.74) is 0. The lowest BCUT2D eigenvalue weighted by Crippen LogP contribution is -2.47. The zero-order chi connectivity index (χ0) is 36.2. The van der Waals surface area contributed by atoms with Crippen LogP contribution in [0, 0.1) is 0 Å². The molecular weight excluding hydrogens is 620 g/mol. The highest BCUT2D eigenvalue weighted by atomic mass is 16.5. The molecular formula is C40H76N2O7. The minimum atomic E-state index is -1.38. The molecule has 288 valence electrons. The van der Waals surface area contributed by atoms with Gasteiger partial charge in [-0.2, -0.15) is 0 Å². The molecule has 0 aromatic heterocycles. The van der Waals surface area contributed by atoms with Crippen LogP contribution in [0.25, 0.3) is 0 Å². The maximum absolute atomic E-state index is 12.7. The summed E-state index contributed by atoms with van der Waals surface area (Å²) in [5, 5.41) is 22.5. The first kappa shape index (κ1) is 46.8. The minimum Gasteiger partial charge on any atom is -0.480 e. The molecule has 0 aliphatic heterocycles. The smallest absolute Gasteiger partial charge is 0.328 e. The fourth-order valence-electron chi connectivity index (χ4n) is 6.19. The number of aliphatic hydroxyl groups excluding tert-OH is 1. The summed E-state index contributed by atoms with van der Waals surface area (Å²) >= 11 is 0. The number of unbranched alkanes of at least 4 members (excludes halogenated alkanes) is 23. The number of hydrogen-bond donors (Lipinski definition) is 4. The van der Waals surface area contributed by atoms with E-state index in [0.717, 1.165) is 57.8 Å². The molecule has 0 heterocycles. The molecule has 9 heteroatoms. The lowest BCUT2D eigenvalue weighted by atomic mass is 10.0. The lowest BCUT2D eigenvalue weighted by Gasteiger charge is -2.18. The Balaban J connectivity index is 4.27. The molecule has 2 atom stereocenters. The molecule has 0 bridgehead atoms. The second-order valence-corrected chi connectivity index (χ2v) is 14.1. The van der Waals surface area contributed by atoms with Crippen molar-refractivity contribution in [2.24, 2.45) is 0 Å². The average Bonchev–Trinajstić information content (AvgIpc) is 3.08. The molecule has 4 N–H and O–H groups in total. The van der Waals surface area contributed by atoms with Crippen molar-refractivity contribution in [1.29, 1.82) is 0 Å². The lowest BCUT2D eigenvalue weighted by molar-refractivity contribution is -0.150. The topological polar surface area (TPSA) is 142 Å². The van der Waals surface area contributed by atoms with Crippen LogP contribution in [0.3, 0.4) is 0 Å². The number of ether oxygens (including phenoxy) is 1. The number of esters is 1. The number of carbonyl (C=O) groups excluding carboxylic acids is 3. The standard InChI is InChI=1S/C40H76N2O7/c1-3-5-7-9-11-13-14-15-17-18-21-25-29-35(49-39(46)32-28-24-19-16-12-10-8-6-4-2)30-26-22-20-23-27-31-37(44)41-33-38(45)42-36(34-43)40(47)48/h35-36,43H,3-34H2,1-2H3,(H,41,44)(H,42,45)(H,47,48). The summed E-state index contributed by atoms with van der Waals surface area (Å²) in [6.07, 6.45) is 34.1. The molecule has 0 saturated heterocycles. The number of carboxylic acid groups (broad SMARTS) is 1. The van der Waals surface area contributed by atoms with E-state index >= 15 is 0 Å². The number of aliphatic hydroxyl groups is 1. The van der Waals surface area contributed by atoms with Crippen molar-refractivity contribution in [3.8, 4) is 0 Å². The highest BCUT2D eigenvalue weighted by Gasteiger charge is 2.19. The Morgan fingerprint density at radius 1 is 0.531 bits per heavy atom. The van der Waals surface area contributed by atoms with Crippen molar-refractivity contribution in [3.63, 3.8) is 0 Å². The van der Waals surface area contributed by atoms with Gasteiger partial charge in [0.1, 0.15) is 12.1 Å². The summed E-state index contributed by atoms with van der Waals surface area (Å²) in [6.45, 7) is 3.48. The summed E-state index contributed by atoms with van der Waals surface area (Å²) in [4.78, 5) is 47.4. The molecule has 49 heavy (non-hydrogen) atoms. The van der Waals surface area contributed by atoms with Crippen molar-refractivity contribution in [2.75, 3.05) is 13.2 Å². The van der Waals surface area contributed by atoms with Gasteiger partial charge < -0.3 is 25.6 Å². The largest absolute Gasteiger partial charge is 0.480 e. The molecule has 0 aliphatic rings. The summed E-state index contributed by atoms with van der Waals surface area (Å²) < 4.78 is 6.00. The van der Waals surface area contributed by atoms with Gasteiger partial charge in [0.05, 0.1) is 13.2 Å². The summed E-state index contributed by atoms with van der Waals surface area (Å²) in [6, 6.07) is -1.38. The first-order valence-corrected chi connectivity index (χ1v) is 20.4. The van der Waals surface area contributed by atoms with Crippen molar-refractivity contribution in [2.45, 2.75) is 219 Å². The van der Waals surface area contributed by atoms with Gasteiger partial charge in [-0.15, -0.1) is 0 Å². The van der Waals surface area contributed by atoms with E-state index in [1.54, 1.807) is 0 Å². The quantitative estimate of drug-likeness (QED) is 0.0375. The van der Waals surface area contributed by atoms with Crippen LogP contribution in [0.4, 0.5) is 0 Å². The number of hydrogen-bond acceptors (Lipinski definition) is 6. The molecule has 0 aromatic rings. The Bertz CT molecular complexity index is 807. The molecule has 0 aliphatic carbocycles. The van der Waals surface area contributed by atoms with Gasteiger partial charge in [-0.05, 0) is 38.5 Å². The van der Waals surface area contributed by atoms with Crippen LogP contribution in [-0.2, 0) is 23.9 Å². The molecule has 0 aromatic carbocycles. The third-order valence-electron chi connectivity index (χ3n) is 9.35. The van der Waals surface area contributed by atoms with Gasteiger partial charge >= 0.3 is 11.9 Å². The Morgan fingerprint density at radius 3 is 1.33 bits per heavy atom. The molecule has 0 spiro atoms. The van der Waals surface area contributed by atoms with Crippen LogP contribution < -0.4 is 10.6 Å². The van der Waals surface area contributed by atoms with E-state index in [4.69, 9.17) is 14.9 Å². The van der Waals surface area contributed by atoms with Crippen LogP contribution in [0.15, 0.2) is 0 Å². The van der Waals surface area contributed by atoms with Crippen molar-refractivity contribution in [3.05, 3.63) is 0 Å². The predicted molar refractivity (Wildman–Crippen MR) is 199 cm³/mol. The van der Waals surface area contributed by atoms with E-state index < -0.39 is 24.5 Å². The van der Waals surface area contributed by atoms with E-state index in [2.05, 4.69) is 24.5 Å². The Kier molecular flexibility index (Phi) is 34.1.